The van der Waals surface area contributed by atoms with Gasteiger partial charge in [-0.15, -0.1) is 12.6 Å². The molecule has 1 aromatic rings. The van der Waals surface area contributed by atoms with Crippen molar-refractivity contribution in [1.82, 2.24) is 4.98 Å². The molecule has 1 aromatic heterocycles. The maximum atomic E-state index is 4.16. The van der Waals surface area contributed by atoms with Crippen LogP contribution < -0.4 is 0 Å². The number of rotatable bonds is 1. The standard InChI is InChI=1S/C7H8N2S/c1-2-9-6-3-4-8-5-7(6)10/h2-5,10H,1H3. The molecule has 10 heavy (non-hydrogen) atoms. The van der Waals surface area contributed by atoms with Crippen LogP contribution in [0.1, 0.15) is 6.92 Å². The van der Waals surface area contributed by atoms with Crippen LogP contribution in [0.15, 0.2) is 28.3 Å². The van der Waals surface area contributed by atoms with E-state index in [-0.39, 0.29) is 0 Å². The molecule has 0 saturated heterocycles. The quantitative estimate of drug-likeness (QED) is 0.484. The molecule has 52 valence electrons. The van der Waals surface area contributed by atoms with Crippen LogP contribution in [-0.2, 0) is 0 Å². The van der Waals surface area contributed by atoms with E-state index in [0.717, 1.165) is 10.6 Å². The van der Waals surface area contributed by atoms with E-state index in [1.165, 1.54) is 0 Å². The molecule has 0 fully saturated rings. The summed E-state index contributed by atoms with van der Waals surface area (Å²) >= 11 is 4.16. The lowest BCUT2D eigenvalue weighted by Gasteiger charge is -1.93. The zero-order valence-electron chi connectivity index (χ0n) is 5.65. The van der Waals surface area contributed by atoms with Gasteiger partial charge in [-0.1, -0.05) is 0 Å². The summed E-state index contributed by atoms with van der Waals surface area (Å²) in [7, 11) is 0. The van der Waals surface area contributed by atoms with Gasteiger partial charge in [0.15, 0.2) is 0 Å². The fraction of sp³-hybridized carbons (Fsp3) is 0.143. The van der Waals surface area contributed by atoms with Gasteiger partial charge in [0.05, 0.1) is 5.69 Å². The van der Waals surface area contributed by atoms with Crippen molar-refractivity contribution < 1.29 is 0 Å². The third-order valence-electron chi connectivity index (χ3n) is 1.05. The monoisotopic (exact) mass is 152 g/mol. The first-order valence-corrected chi connectivity index (χ1v) is 3.41. The van der Waals surface area contributed by atoms with Crippen LogP contribution in [0, 0.1) is 0 Å². The molecule has 2 nitrogen and oxygen atoms in total. The summed E-state index contributed by atoms with van der Waals surface area (Å²) in [5, 5.41) is 0. The first kappa shape index (κ1) is 7.28. The Bertz CT molecular complexity index is 245. The maximum Gasteiger partial charge on any atom is 0.0789 e. The summed E-state index contributed by atoms with van der Waals surface area (Å²) in [6, 6.07) is 1.82. The highest BCUT2D eigenvalue weighted by molar-refractivity contribution is 7.80. The van der Waals surface area contributed by atoms with E-state index in [2.05, 4.69) is 22.6 Å². The largest absolute Gasteiger partial charge is 0.263 e. The molecule has 0 aromatic carbocycles. The Morgan fingerprint density at radius 3 is 3.10 bits per heavy atom. The second-order valence-corrected chi connectivity index (χ2v) is 2.23. The van der Waals surface area contributed by atoms with Gasteiger partial charge in [0.2, 0.25) is 0 Å². The lowest BCUT2D eigenvalue weighted by atomic mass is 10.4. The first-order chi connectivity index (χ1) is 4.84. The number of aliphatic imine (C=N–C) groups is 1. The lowest BCUT2D eigenvalue weighted by molar-refractivity contribution is 1.23. The van der Waals surface area contributed by atoms with Crippen molar-refractivity contribution in [3.63, 3.8) is 0 Å². The third-order valence-corrected chi connectivity index (χ3v) is 1.39. The SMILES string of the molecule is CC=Nc1ccncc1S. The highest BCUT2D eigenvalue weighted by Crippen LogP contribution is 2.19. The van der Waals surface area contributed by atoms with Gasteiger partial charge in [0.25, 0.3) is 0 Å². The van der Waals surface area contributed by atoms with E-state index in [9.17, 15) is 0 Å². The van der Waals surface area contributed by atoms with Gasteiger partial charge < -0.3 is 0 Å². The van der Waals surface area contributed by atoms with Crippen molar-refractivity contribution in [3.8, 4) is 0 Å². The van der Waals surface area contributed by atoms with Crippen LogP contribution in [0.4, 0.5) is 5.69 Å². The Balaban J connectivity index is 3.03. The van der Waals surface area contributed by atoms with Crippen molar-refractivity contribution in [2.75, 3.05) is 0 Å². The molecule has 0 N–H and O–H groups in total. The minimum absolute atomic E-state index is 0.806. The molecule has 1 heterocycles. The average Bonchev–Trinajstić information content (AvgIpc) is 1.94. The summed E-state index contributed by atoms with van der Waals surface area (Å²) in [5.41, 5.74) is 0.862. The van der Waals surface area contributed by atoms with E-state index in [4.69, 9.17) is 0 Å². The van der Waals surface area contributed by atoms with Gasteiger partial charge in [-0.25, -0.2) is 0 Å². The Hall–Kier alpha value is -0.830. The predicted molar refractivity (Wildman–Crippen MR) is 45.3 cm³/mol. The Kier molecular flexibility index (Phi) is 2.45. The van der Waals surface area contributed by atoms with Crippen LogP contribution in [0.25, 0.3) is 0 Å². The Labute approximate surface area is 65.4 Å². The molecule has 3 heteroatoms. The number of pyridine rings is 1. The number of aromatic nitrogens is 1. The molecule has 0 aliphatic heterocycles. The molecule has 1 rings (SSSR count). The number of hydrogen-bond donors (Lipinski definition) is 1. The zero-order chi connectivity index (χ0) is 7.40. The summed E-state index contributed by atoms with van der Waals surface area (Å²) < 4.78 is 0. The first-order valence-electron chi connectivity index (χ1n) is 2.96. The van der Waals surface area contributed by atoms with Crippen LogP contribution in [0.2, 0.25) is 0 Å². The molecule has 0 atom stereocenters. The van der Waals surface area contributed by atoms with Gasteiger partial charge in [-0.2, -0.15) is 0 Å². The van der Waals surface area contributed by atoms with E-state index in [1.807, 2.05) is 13.0 Å². The van der Waals surface area contributed by atoms with Crippen LogP contribution >= 0.6 is 12.6 Å². The van der Waals surface area contributed by atoms with Gasteiger partial charge in [-0.3, -0.25) is 9.98 Å². The van der Waals surface area contributed by atoms with Crippen molar-refractivity contribution in [1.29, 1.82) is 0 Å². The van der Waals surface area contributed by atoms with Gasteiger partial charge in [-0.05, 0) is 13.0 Å². The Morgan fingerprint density at radius 2 is 2.50 bits per heavy atom. The predicted octanol–water partition coefficient (Wildman–Crippen LogP) is 2.09. The summed E-state index contributed by atoms with van der Waals surface area (Å²) in [5.74, 6) is 0. The minimum Gasteiger partial charge on any atom is -0.263 e. The molecule has 0 spiro atoms. The molecule has 0 amide bonds. The van der Waals surface area contributed by atoms with Crippen molar-refractivity contribution in [2.24, 2.45) is 4.99 Å². The van der Waals surface area contributed by atoms with Crippen molar-refractivity contribution in [2.45, 2.75) is 11.8 Å². The van der Waals surface area contributed by atoms with Gasteiger partial charge in [0.1, 0.15) is 0 Å². The topological polar surface area (TPSA) is 25.2 Å². The molecular formula is C7H8N2S. The second-order valence-electron chi connectivity index (χ2n) is 1.75. The third kappa shape index (κ3) is 1.57. The van der Waals surface area contributed by atoms with Crippen LogP contribution in [-0.4, -0.2) is 11.2 Å². The summed E-state index contributed by atoms with van der Waals surface area (Å²) in [6.45, 7) is 1.87. The van der Waals surface area contributed by atoms with E-state index < -0.39 is 0 Å². The molecule has 0 radical (unpaired) electrons. The molecule has 0 bridgehead atoms. The molecule has 0 saturated carbocycles. The minimum atomic E-state index is 0.806. The normalized spacial score (nSPS) is 10.6. The fourth-order valence-electron chi connectivity index (χ4n) is 0.627. The molecule has 0 aliphatic carbocycles. The van der Waals surface area contributed by atoms with Gasteiger partial charge >= 0.3 is 0 Å². The summed E-state index contributed by atoms with van der Waals surface area (Å²) in [4.78, 5) is 8.75. The molecule has 0 aliphatic rings. The van der Waals surface area contributed by atoms with E-state index in [0.29, 0.717) is 0 Å². The van der Waals surface area contributed by atoms with E-state index >= 15 is 0 Å². The highest BCUT2D eigenvalue weighted by atomic mass is 32.1. The summed E-state index contributed by atoms with van der Waals surface area (Å²) in [6.07, 6.45) is 5.10. The smallest absolute Gasteiger partial charge is 0.0789 e. The van der Waals surface area contributed by atoms with Crippen molar-refractivity contribution in [3.05, 3.63) is 18.5 Å². The number of thiol groups is 1. The molecular weight excluding hydrogens is 144 g/mol. The maximum absolute atomic E-state index is 4.16. The van der Waals surface area contributed by atoms with E-state index in [1.54, 1.807) is 18.6 Å². The molecule has 0 unspecified atom stereocenters. The lowest BCUT2D eigenvalue weighted by Crippen LogP contribution is -1.72. The van der Waals surface area contributed by atoms with Gasteiger partial charge in [0, 0.05) is 23.5 Å². The van der Waals surface area contributed by atoms with Crippen LogP contribution in [0.3, 0.4) is 0 Å². The fourth-order valence-corrected chi connectivity index (χ4v) is 0.826. The average molecular weight is 152 g/mol. The van der Waals surface area contributed by atoms with Crippen molar-refractivity contribution >= 4 is 24.5 Å². The second kappa shape index (κ2) is 3.37. The zero-order valence-corrected chi connectivity index (χ0v) is 6.55. The van der Waals surface area contributed by atoms with Crippen LogP contribution in [0.5, 0.6) is 0 Å². The Morgan fingerprint density at radius 1 is 1.70 bits per heavy atom. The number of hydrogen-bond acceptors (Lipinski definition) is 3. The highest BCUT2D eigenvalue weighted by Gasteiger charge is 1.91. The number of nitrogens with zero attached hydrogens (tertiary/aromatic N) is 2.